The molecule has 0 unspecified atom stereocenters. The van der Waals surface area contributed by atoms with Crippen LogP contribution >= 0.6 is 0 Å². The van der Waals surface area contributed by atoms with Crippen molar-refractivity contribution in [3.05, 3.63) is 25.3 Å². The first-order valence-electron chi connectivity index (χ1n) is 4.10. The molecule has 0 bridgehead atoms. The molecule has 0 aliphatic carbocycles. The summed E-state index contributed by atoms with van der Waals surface area (Å²) in [6, 6.07) is 0. The van der Waals surface area contributed by atoms with Gasteiger partial charge in [-0.2, -0.15) is 10.2 Å². The van der Waals surface area contributed by atoms with Gasteiger partial charge in [-0.1, -0.05) is 0 Å². The molecular weight excluding hydrogens is 168 g/mol. The number of rotatable bonds is 4. The quantitative estimate of drug-likeness (QED) is 0.659. The fraction of sp³-hybridized carbons (Fsp3) is 0.429. The largest absolute Gasteiger partial charge is 0.253 e. The first kappa shape index (κ1) is 7.90. The summed E-state index contributed by atoms with van der Waals surface area (Å²) >= 11 is 0. The molecule has 0 saturated carbocycles. The highest BCUT2D eigenvalue weighted by atomic mass is 15.3. The van der Waals surface area contributed by atoms with Crippen LogP contribution in [0.25, 0.3) is 0 Å². The molecule has 0 spiro atoms. The molecule has 2 aromatic rings. The van der Waals surface area contributed by atoms with Crippen LogP contribution in [0.2, 0.25) is 0 Å². The van der Waals surface area contributed by atoms with Crippen LogP contribution in [0.4, 0.5) is 0 Å². The molecule has 0 radical (unpaired) electrons. The summed E-state index contributed by atoms with van der Waals surface area (Å²) < 4.78 is 3.61. The summed E-state index contributed by atoms with van der Waals surface area (Å²) in [5.74, 6) is 0. The van der Waals surface area contributed by atoms with Crippen LogP contribution < -0.4 is 0 Å². The minimum absolute atomic E-state index is 0.861. The lowest BCUT2D eigenvalue weighted by atomic mass is 10.4. The van der Waals surface area contributed by atoms with E-state index in [2.05, 4.69) is 20.2 Å². The third kappa shape index (κ3) is 2.11. The molecule has 2 aromatic heterocycles. The summed E-state index contributed by atoms with van der Waals surface area (Å²) in [5, 5.41) is 7.99. The SMILES string of the molecule is c1ncn(CCCn2cncn2)n1. The summed E-state index contributed by atoms with van der Waals surface area (Å²) in [6.45, 7) is 1.72. The standard InChI is InChI=1S/C7H10N6/c1(2-12-6-8-4-10-12)3-13-7-9-5-11-13/h4-7H,1-3H2. The predicted octanol–water partition coefficient (Wildman–Crippen LogP) is -0.0401. The van der Waals surface area contributed by atoms with E-state index in [1.807, 2.05) is 0 Å². The van der Waals surface area contributed by atoms with E-state index in [1.54, 1.807) is 22.0 Å². The van der Waals surface area contributed by atoms with Crippen LogP contribution in [0.3, 0.4) is 0 Å². The zero-order chi connectivity index (χ0) is 8.93. The second-order valence-electron chi connectivity index (χ2n) is 2.67. The van der Waals surface area contributed by atoms with Crippen molar-refractivity contribution in [1.29, 1.82) is 0 Å². The maximum Gasteiger partial charge on any atom is 0.137 e. The number of hydrogen-bond acceptors (Lipinski definition) is 4. The van der Waals surface area contributed by atoms with Gasteiger partial charge in [0.15, 0.2) is 0 Å². The summed E-state index contributed by atoms with van der Waals surface area (Å²) in [6.07, 6.45) is 7.47. The highest BCUT2D eigenvalue weighted by Crippen LogP contribution is 1.90. The van der Waals surface area contributed by atoms with Crippen LogP contribution in [0, 0.1) is 0 Å². The molecule has 0 aliphatic heterocycles. The molecule has 2 rings (SSSR count). The van der Waals surface area contributed by atoms with Crippen molar-refractivity contribution in [2.75, 3.05) is 0 Å². The van der Waals surface area contributed by atoms with Crippen molar-refractivity contribution < 1.29 is 0 Å². The molecule has 13 heavy (non-hydrogen) atoms. The molecule has 0 saturated heterocycles. The molecule has 0 N–H and O–H groups in total. The van der Waals surface area contributed by atoms with Crippen LogP contribution in [-0.2, 0) is 13.1 Å². The van der Waals surface area contributed by atoms with Gasteiger partial charge in [0.1, 0.15) is 25.3 Å². The lowest BCUT2D eigenvalue weighted by Crippen LogP contribution is -2.04. The molecule has 68 valence electrons. The minimum Gasteiger partial charge on any atom is -0.253 e. The van der Waals surface area contributed by atoms with Crippen molar-refractivity contribution >= 4 is 0 Å². The highest BCUT2D eigenvalue weighted by Gasteiger charge is 1.93. The van der Waals surface area contributed by atoms with E-state index in [1.165, 1.54) is 12.7 Å². The summed E-state index contributed by atoms with van der Waals surface area (Å²) in [7, 11) is 0. The Bertz CT molecular complexity index is 290. The van der Waals surface area contributed by atoms with Gasteiger partial charge in [-0.25, -0.2) is 9.97 Å². The topological polar surface area (TPSA) is 61.4 Å². The smallest absolute Gasteiger partial charge is 0.137 e. The van der Waals surface area contributed by atoms with E-state index in [9.17, 15) is 0 Å². The second kappa shape index (κ2) is 3.79. The zero-order valence-electron chi connectivity index (χ0n) is 7.11. The molecule has 6 heteroatoms. The Morgan fingerprint density at radius 2 is 1.38 bits per heavy atom. The average Bonchev–Trinajstić information content (AvgIpc) is 2.75. The third-order valence-corrected chi connectivity index (χ3v) is 1.71. The van der Waals surface area contributed by atoms with Gasteiger partial charge in [0.25, 0.3) is 0 Å². The predicted molar refractivity (Wildman–Crippen MR) is 44.7 cm³/mol. The Morgan fingerprint density at radius 1 is 0.846 bits per heavy atom. The molecule has 0 amide bonds. The van der Waals surface area contributed by atoms with Gasteiger partial charge in [0.05, 0.1) is 0 Å². The third-order valence-electron chi connectivity index (χ3n) is 1.71. The van der Waals surface area contributed by atoms with Crippen molar-refractivity contribution in [2.24, 2.45) is 0 Å². The van der Waals surface area contributed by atoms with Gasteiger partial charge in [0, 0.05) is 13.1 Å². The van der Waals surface area contributed by atoms with Gasteiger partial charge < -0.3 is 0 Å². The molecule has 0 aromatic carbocycles. The summed E-state index contributed by atoms with van der Waals surface area (Å²) in [4.78, 5) is 7.71. The van der Waals surface area contributed by atoms with Gasteiger partial charge in [-0.15, -0.1) is 0 Å². The molecule has 0 fully saturated rings. The zero-order valence-corrected chi connectivity index (χ0v) is 7.11. The molecule has 0 aliphatic rings. The van der Waals surface area contributed by atoms with Gasteiger partial charge in [-0.05, 0) is 6.42 Å². The van der Waals surface area contributed by atoms with E-state index < -0.39 is 0 Å². The monoisotopic (exact) mass is 178 g/mol. The molecule has 6 nitrogen and oxygen atoms in total. The Morgan fingerprint density at radius 3 is 1.77 bits per heavy atom. The van der Waals surface area contributed by atoms with E-state index in [0.29, 0.717) is 0 Å². The number of nitrogens with zero attached hydrogens (tertiary/aromatic N) is 6. The Kier molecular flexibility index (Phi) is 2.31. The Hall–Kier alpha value is -1.72. The number of aromatic nitrogens is 6. The van der Waals surface area contributed by atoms with E-state index >= 15 is 0 Å². The maximum atomic E-state index is 4.00. The normalized spacial score (nSPS) is 10.5. The molecule has 2 heterocycles. The average molecular weight is 178 g/mol. The minimum atomic E-state index is 0.861. The Balaban J connectivity index is 1.76. The van der Waals surface area contributed by atoms with Gasteiger partial charge >= 0.3 is 0 Å². The highest BCUT2D eigenvalue weighted by molar-refractivity contribution is 4.58. The van der Waals surface area contributed by atoms with Gasteiger partial charge in [-0.3, -0.25) is 9.36 Å². The maximum absolute atomic E-state index is 4.00. The van der Waals surface area contributed by atoms with Crippen LogP contribution in [0.1, 0.15) is 6.42 Å². The van der Waals surface area contributed by atoms with Crippen molar-refractivity contribution in [1.82, 2.24) is 29.5 Å². The molecular formula is C7H10N6. The van der Waals surface area contributed by atoms with E-state index in [-0.39, 0.29) is 0 Å². The second-order valence-corrected chi connectivity index (χ2v) is 2.67. The van der Waals surface area contributed by atoms with Gasteiger partial charge in [0.2, 0.25) is 0 Å². The number of aryl methyl sites for hydroxylation is 2. The fourth-order valence-corrected chi connectivity index (χ4v) is 1.09. The lowest BCUT2D eigenvalue weighted by Gasteiger charge is -2.00. The van der Waals surface area contributed by atoms with Crippen molar-refractivity contribution in [3.8, 4) is 0 Å². The first-order chi connectivity index (χ1) is 6.45. The number of hydrogen-bond donors (Lipinski definition) is 0. The van der Waals surface area contributed by atoms with E-state index in [4.69, 9.17) is 0 Å². The lowest BCUT2D eigenvalue weighted by molar-refractivity contribution is 0.499. The molecule has 0 atom stereocenters. The van der Waals surface area contributed by atoms with E-state index in [0.717, 1.165) is 19.5 Å². The van der Waals surface area contributed by atoms with Crippen molar-refractivity contribution in [3.63, 3.8) is 0 Å². The summed E-state index contributed by atoms with van der Waals surface area (Å²) in [5.41, 5.74) is 0. The van der Waals surface area contributed by atoms with Crippen LogP contribution in [-0.4, -0.2) is 29.5 Å². The first-order valence-corrected chi connectivity index (χ1v) is 4.10. The van der Waals surface area contributed by atoms with Crippen LogP contribution in [0.15, 0.2) is 25.3 Å². The van der Waals surface area contributed by atoms with Crippen LogP contribution in [0.5, 0.6) is 0 Å². The fourth-order valence-electron chi connectivity index (χ4n) is 1.09. The van der Waals surface area contributed by atoms with Crippen molar-refractivity contribution in [2.45, 2.75) is 19.5 Å². The Labute approximate surface area is 75.2 Å².